The fourth-order valence-corrected chi connectivity index (χ4v) is 3.39. The summed E-state index contributed by atoms with van der Waals surface area (Å²) in [6.07, 6.45) is 3.84. The Hall–Kier alpha value is -1.11. The molecule has 18 heavy (non-hydrogen) atoms. The van der Waals surface area contributed by atoms with Gasteiger partial charge in [0, 0.05) is 31.2 Å². The van der Waals surface area contributed by atoms with Gasteiger partial charge in [-0.1, -0.05) is 0 Å². The van der Waals surface area contributed by atoms with E-state index in [9.17, 15) is 5.11 Å². The number of thiazole rings is 1. The molecule has 1 saturated heterocycles. The van der Waals surface area contributed by atoms with Crippen LogP contribution in [0.25, 0.3) is 4.96 Å². The number of hydrogen-bond acceptors (Lipinski definition) is 5. The smallest absolute Gasteiger partial charge is 0.195 e. The summed E-state index contributed by atoms with van der Waals surface area (Å²) in [7, 11) is 0. The van der Waals surface area contributed by atoms with Gasteiger partial charge in [-0.15, -0.1) is 11.3 Å². The Kier molecular flexibility index (Phi) is 2.80. The maximum atomic E-state index is 10.2. The van der Waals surface area contributed by atoms with Crippen LogP contribution in [0.5, 0.6) is 0 Å². The first-order valence-electron chi connectivity index (χ1n) is 6.22. The largest absolute Gasteiger partial charge is 0.388 e. The van der Waals surface area contributed by atoms with Crippen LogP contribution in [0.4, 0.5) is 5.82 Å². The molecule has 3 N–H and O–H groups in total. The number of hydrogen-bond donors (Lipinski definition) is 2. The van der Waals surface area contributed by atoms with Gasteiger partial charge in [0.05, 0.1) is 11.3 Å². The van der Waals surface area contributed by atoms with Gasteiger partial charge in [0.25, 0.3) is 0 Å². The SMILES string of the molecule is CC1(O)CCCN(c2nc3sccn3c2CN)C1. The quantitative estimate of drug-likeness (QED) is 0.857. The molecule has 0 aromatic carbocycles. The van der Waals surface area contributed by atoms with Crippen molar-refractivity contribution >= 4 is 22.1 Å². The third kappa shape index (κ3) is 1.90. The van der Waals surface area contributed by atoms with Crippen molar-refractivity contribution < 1.29 is 5.11 Å². The molecule has 1 fully saturated rings. The van der Waals surface area contributed by atoms with Gasteiger partial charge < -0.3 is 15.7 Å². The maximum absolute atomic E-state index is 10.2. The molecule has 2 aromatic heterocycles. The zero-order valence-corrected chi connectivity index (χ0v) is 11.3. The highest BCUT2D eigenvalue weighted by Crippen LogP contribution is 2.29. The van der Waals surface area contributed by atoms with Crippen molar-refractivity contribution in [2.24, 2.45) is 5.73 Å². The van der Waals surface area contributed by atoms with E-state index in [0.29, 0.717) is 13.1 Å². The average Bonchev–Trinajstić information content (AvgIpc) is 2.86. The van der Waals surface area contributed by atoms with Crippen molar-refractivity contribution in [3.8, 4) is 0 Å². The molecule has 3 rings (SSSR count). The highest BCUT2D eigenvalue weighted by atomic mass is 32.1. The van der Waals surface area contributed by atoms with Crippen LogP contribution < -0.4 is 10.6 Å². The molecule has 98 valence electrons. The van der Waals surface area contributed by atoms with Crippen molar-refractivity contribution in [3.63, 3.8) is 0 Å². The number of rotatable bonds is 2. The molecular weight excluding hydrogens is 248 g/mol. The fourth-order valence-electron chi connectivity index (χ4n) is 2.66. The van der Waals surface area contributed by atoms with Crippen molar-refractivity contribution in [2.45, 2.75) is 31.9 Å². The second kappa shape index (κ2) is 4.22. The van der Waals surface area contributed by atoms with E-state index in [1.807, 2.05) is 22.9 Å². The highest BCUT2D eigenvalue weighted by Gasteiger charge is 2.31. The molecule has 1 atom stereocenters. The number of β-amino-alcohol motifs (C(OH)–C–C–N with tert-alkyl or cyclic N) is 1. The molecular formula is C12H18N4OS. The first kappa shape index (κ1) is 12.0. The first-order chi connectivity index (χ1) is 8.61. The molecule has 3 heterocycles. The Morgan fingerprint density at radius 1 is 1.61 bits per heavy atom. The number of nitrogens with zero attached hydrogens (tertiary/aromatic N) is 3. The number of aliphatic hydroxyl groups is 1. The summed E-state index contributed by atoms with van der Waals surface area (Å²) in [6, 6.07) is 0. The molecule has 2 aromatic rings. The minimum Gasteiger partial charge on any atom is -0.388 e. The molecule has 0 spiro atoms. The van der Waals surface area contributed by atoms with Crippen molar-refractivity contribution in [1.29, 1.82) is 0 Å². The van der Waals surface area contributed by atoms with E-state index in [1.165, 1.54) is 0 Å². The topological polar surface area (TPSA) is 66.8 Å². The van der Waals surface area contributed by atoms with Crippen LogP contribution in [-0.4, -0.2) is 33.2 Å². The van der Waals surface area contributed by atoms with Gasteiger partial charge in [0.2, 0.25) is 0 Å². The molecule has 0 aliphatic carbocycles. The molecule has 6 heteroatoms. The summed E-state index contributed by atoms with van der Waals surface area (Å²) in [5.41, 5.74) is 6.26. The van der Waals surface area contributed by atoms with Crippen molar-refractivity contribution in [1.82, 2.24) is 9.38 Å². The Bertz CT molecular complexity index is 559. The first-order valence-corrected chi connectivity index (χ1v) is 7.10. The molecule has 0 radical (unpaired) electrons. The summed E-state index contributed by atoms with van der Waals surface area (Å²) in [5.74, 6) is 0.935. The molecule has 1 unspecified atom stereocenters. The fraction of sp³-hybridized carbons (Fsp3) is 0.583. The number of piperidine rings is 1. The molecule has 1 aliphatic rings. The monoisotopic (exact) mass is 266 g/mol. The van der Waals surface area contributed by atoms with E-state index in [4.69, 9.17) is 5.73 Å². The lowest BCUT2D eigenvalue weighted by atomic mass is 9.95. The van der Waals surface area contributed by atoms with E-state index in [-0.39, 0.29) is 0 Å². The Morgan fingerprint density at radius 2 is 2.44 bits per heavy atom. The predicted octanol–water partition coefficient (Wildman–Crippen LogP) is 1.21. The summed E-state index contributed by atoms with van der Waals surface area (Å²) in [5, 5.41) is 12.2. The van der Waals surface area contributed by atoms with E-state index in [1.54, 1.807) is 11.3 Å². The van der Waals surface area contributed by atoms with Gasteiger partial charge in [-0.3, -0.25) is 4.40 Å². The van der Waals surface area contributed by atoms with Gasteiger partial charge in [0.1, 0.15) is 0 Å². The number of fused-ring (bicyclic) bond motifs is 1. The summed E-state index contributed by atoms with van der Waals surface area (Å²) in [6.45, 7) is 3.92. The van der Waals surface area contributed by atoms with E-state index in [2.05, 4.69) is 9.88 Å². The highest BCUT2D eigenvalue weighted by molar-refractivity contribution is 7.15. The standard InChI is InChI=1S/C12H18N4OS/c1-12(17)3-2-4-15(8-12)10-9(7-13)16-5-6-18-11(16)14-10/h5-6,17H,2-4,7-8,13H2,1H3. The third-order valence-corrected chi connectivity index (χ3v) is 4.26. The third-order valence-electron chi connectivity index (χ3n) is 3.51. The van der Waals surface area contributed by atoms with Gasteiger partial charge in [-0.05, 0) is 19.8 Å². The number of imidazole rings is 1. The normalized spacial score (nSPS) is 24.9. The van der Waals surface area contributed by atoms with Crippen molar-refractivity contribution in [3.05, 3.63) is 17.3 Å². The minimum atomic E-state index is -0.624. The minimum absolute atomic E-state index is 0.464. The summed E-state index contributed by atoms with van der Waals surface area (Å²) >= 11 is 1.61. The second-order valence-corrected chi connectivity index (χ2v) is 6.04. The van der Waals surface area contributed by atoms with Crippen LogP contribution in [-0.2, 0) is 6.54 Å². The van der Waals surface area contributed by atoms with E-state index >= 15 is 0 Å². The van der Waals surface area contributed by atoms with E-state index in [0.717, 1.165) is 35.9 Å². The number of aromatic nitrogens is 2. The maximum Gasteiger partial charge on any atom is 0.195 e. The zero-order chi connectivity index (χ0) is 12.8. The van der Waals surface area contributed by atoms with Gasteiger partial charge >= 0.3 is 0 Å². The van der Waals surface area contributed by atoms with E-state index < -0.39 is 5.60 Å². The molecule has 5 nitrogen and oxygen atoms in total. The van der Waals surface area contributed by atoms with Crippen LogP contribution in [0.3, 0.4) is 0 Å². The van der Waals surface area contributed by atoms with Crippen LogP contribution in [0.15, 0.2) is 11.6 Å². The number of anilines is 1. The Labute approximate surface area is 110 Å². The van der Waals surface area contributed by atoms with Crippen LogP contribution >= 0.6 is 11.3 Å². The summed E-state index contributed by atoms with van der Waals surface area (Å²) in [4.78, 5) is 7.78. The van der Waals surface area contributed by atoms with Gasteiger partial charge in [0.15, 0.2) is 10.8 Å². The van der Waals surface area contributed by atoms with Gasteiger partial charge in [-0.2, -0.15) is 0 Å². The predicted molar refractivity (Wildman–Crippen MR) is 73.0 cm³/mol. The van der Waals surface area contributed by atoms with Crippen molar-refractivity contribution in [2.75, 3.05) is 18.0 Å². The second-order valence-electron chi connectivity index (χ2n) is 5.16. The lowest BCUT2D eigenvalue weighted by Gasteiger charge is -2.37. The lowest BCUT2D eigenvalue weighted by molar-refractivity contribution is 0.0447. The Morgan fingerprint density at radius 3 is 3.17 bits per heavy atom. The van der Waals surface area contributed by atoms with Crippen LogP contribution in [0, 0.1) is 0 Å². The van der Waals surface area contributed by atoms with Crippen LogP contribution in [0.1, 0.15) is 25.5 Å². The molecule has 0 bridgehead atoms. The molecule has 1 aliphatic heterocycles. The zero-order valence-electron chi connectivity index (χ0n) is 10.5. The molecule has 0 amide bonds. The average molecular weight is 266 g/mol. The number of nitrogens with two attached hydrogens (primary N) is 1. The lowest BCUT2D eigenvalue weighted by Crippen LogP contribution is -2.46. The molecule has 0 saturated carbocycles. The Balaban J connectivity index is 2.00. The summed E-state index contributed by atoms with van der Waals surface area (Å²) < 4.78 is 2.04. The van der Waals surface area contributed by atoms with Gasteiger partial charge in [-0.25, -0.2) is 4.98 Å². The van der Waals surface area contributed by atoms with Crippen LogP contribution in [0.2, 0.25) is 0 Å².